The molecule has 1 heterocycles. The summed E-state index contributed by atoms with van der Waals surface area (Å²) in [4.78, 5) is 16.7. The molecular weight excluding hydrogens is 320 g/mol. The number of hydrogen-bond acceptors (Lipinski definition) is 4. The summed E-state index contributed by atoms with van der Waals surface area (Å²) in [6.07, 6.45) is 0.266. The van der Waals surface area contributed by atoms with Crippen LogP contribution in [0.2, 0.25) is 0 Å². The molecule has 1 N–H and O–H groups in total. The molecule has 3 aromatic rings. The zero-order valence-corrected chi connectivity index (χ0v) is 14.4. The third kappa shape index (κ3) is 4.00. The molecule has 122 valence electrons. The molecule has 0 aliphatic heterocycles. The number of nitrogens with zero attached hydrogens (tertiary/aromatic N) is 1. The first-order valence-electron chi connectivity index (χ1n) is 7.59. The number of aryl methyl sites for hydroxylation is 1. The Morgan fingerprint density at radius 1 is 1.12 bits per heavy atom. The quantitative estimate of drug-likeness (QED) is 0.754. The normalized spacial score (nSPS) is 10.4. The Morgan fingerprint density at radius 3 is 2.50 bits per heavy atom. The third-order valence-electron chi connectivity index (χ3n) is 3.58. The Kier molecular flexibility index (Phi) is 4.91. The van der Waals surface area contributed by atoms with Crippen molar-refractivity contribution in [2.45, 2.75) is 13.3 Å². The van der Waals surface area contributed by atoms with Crippen LogP contribution in [-0.4, -0.2) is 18.0 Å². The van der Waals surface area contributed by atoms with Crippen LogP contribution in [0.4, 0.5) is 5.69 Å². The lowest BCUT2D eigenvalue weighted by Crippen LogP contribution is -2.14. The van der Waals surface area contributed by atoms with Gasteiger partial charge in [0.15, 0.2) is 0 Å². The molecule has 0 radical (unpaired) electrons. The fraction of sp³-hybridized carbons (Fsp3) is 0.158. The van der Waals surface area contributed by atoms with Crippen molar-refractivity contribution in [1.29, 1.82) is 0 Å². The van der Waals surface area contributed by atoms with E-state index >= 15 is 0 Å². The smallest absolute Gasteiger partial charge is 0.231 e. The highest BCUT2D eigenvalue weighted by atomic mass is 32.1. The molecule has 0 spiro atoms. The Labute approximate surface area is 145 Å². The van der Waals surface area contributed by atoms with E-state index in [0.717, 1.165) is 27.7 Å². The molecule has 0 aliphatic rings. The number of nitrogens with one attached hydrogen (secondary N) is 1. The number of ether oxygens (including phenoxy) is 1. The molecular formula is C19H18N2O2S. The predicted octanol–water partition coefficient (Wildman–Crippen LogP) is 4.31. The second kappa shape index (κ2) is 7.27. The topological polar surface area (TPSA) is 51.2 Å². The van der Waals surface area contributed by atoms with Crippen molar-refractivity contribution >= 4 is 22.9 Å². The second-order valence-corrected chi connectivity index (χ2v) is 6.39. The first-order valence-corrected chi connectivity index (χ1v) is 8.47. The number of rotatable bonds is 5. The average molecular weight is 338 g/mol. The maximum Gasteiger partial charge on any atom is 0.231 e. The highest BCUT2D eigenvalue weighted by molar-refractivity contribution is 7.10. The van der Waals surface area contributed by atoms with Crippen molar-refractivity contribution in [1.82, 2.24) is 4.98 Å². The molecule has 0 fully saturated rings. The van der Waals surface area contributed by atoms with Crippen LogP contribution in [0.5, 0.6) is 5.75 Å². The zero-order chi connectivity index (χ0) is 16.9. The SMILES string of the molecule is COc1ccc(NC(=O)Cc2nc(-c3ccc(C)cc3)cs2)cc1. The molecule has 3 rings (SSSR count). The molecule has 1 amide bonds. The van der Waals surface area contributed by atoms with Crippen LogP contribution in [0, 0.1) is 6.92 Å². The first kappa shape index (κ1) is 16.2. The van der Waals surface area contributed by atoms with E-state index in [-0.39, 0.29) is 12.3 Å². The number of amides is 1. The van der Waals surface area contributed by atoms with Crippen LogP contribution in [0.25, 0.3) is 11.3 Å². The Hall–Kier alpha value is -2.66. The van der Waals surface area contributed by atoms with Crippen molar-refractivity contribution in [3.63, 3.8) is 0 Å². The Morgan fingerprint density at radius 2 is 1.83 bits per heavy atom. The van der Waals surface area contributed by atoms with Gasteiger partial charge < -0.3 is 10.1 Å². The number of anilines is 1. The van der Waals surface area contributed by atoms with Crippen molar-refractivity contribution in [3.8, 4) is 17.0 Å². The molecule has 0 unspecified atom stereocenters. The maximum absolute atomic E-state index is 12.2. The van der Waals surface area contributed by atoms with Gasteiger partial charge in [0.1, 0.15) is 10.8 Å². The summed E-state index contributed by atoms with van der Waals surface area (Å²) in [5, 5.41) is 5.66. The highest BCUT2D eigenvalue weighted by Gasteiger charge is 2.09. The van der Waals surface area contributed by atoms with Gasteiger partial charge in [0.05, 0.1) is 19.2 Å². The molecule has 5 heteroatoms. The summed E-state index contributed by atoms with van der Waals surface area (Å²) in [6, 6.07) is 15.5. The number of benzene rings is 2. The number of aromatic nitrogens is 1. The summed E-state index contributed by atoms with van der Waals surface area (Å²) in [5.74, 6) is 0.681. The van der Waals surface area contributed by atoms with Gasteiger partial charge in [0, 0.05) is 16.6 Å². The highest BCUT2D eigenvalue weighted by Crippen LogP contribution is 2.23. The lowest BCUT2D eigenvalue weighted by molar-refractivity contribution is -0.115. The van der Waals surface area contributed by atoms with Crippen molar-refractivity contribution < 1.29 is 9.53 Å². The molecule has 1 aromatic heterocycles. The minimum absolute atomic E-state index is 0.0787. The summed E-state index contributed by atoms with van der Waals surface area (Å²) in [5.41, 5.74) is 3.94. The third-order valence-corrected chi connectivity index (χ3v) is 4.43. The van der Waals surface area contributed by atoms with Crippen LogP contribution in [0.3, 0.4) is 0 Å². The van der Waals surface area contributed by atoms with Crippen LogP contribution >= 0.6 is 11.3 Å². The van der Waals surface area contributed by atoms with Gasteiger partial charge in [-0.05, 0) is 31.2 Å². The molecule has 0 saturated heterocycles. The summed E-state index contributed by atoms with van der Waals surface area (Å²) in [7, 11) is 1.61. The maximum atomic E-state index is 12.2. The standard InChI is InChI=1S/C19H18N2O2S/c1-13-3-5-14(6-4-13)17-12-24-19(21-17)11-18(22)20-15-7-9-16(23-2)10-8-15/h3-10,12H,11H2,1-2H3,(H,20,22). The molecule has 4 nitrogen and oxygen atoms in total. The minimum atomic E-state index is -0.0787. The second-order valence-electron chi connectivity index (χ2n) is 5.45. The van der Waals surface area contributed by atoms with Crippen molar-refractivity contribution in [2.75, 3.05) is 12.4 Å². The molecule has 0 bridgehead atoms. The van der Waals surface area contributed by atoms with E-state index in [1.54, 1.807) is 7.11 Å². The molecule has 0 aliphatic carbocycles. The largest absolute Gasteiger partial charge is 0.497 e. The van der Waals surface area contributed by atoms with Gasteiger partial charge in [-0.1, -0.05) is 29.8 Å². The molecule has 2 aromatic carbocycles. The number of thiazole rings is 1. The number of methoxy groups -OCH3 is 1. The van der Waals surface area contributed by atoms with Crippen LogP contribution in [0.1, 0.15) is 10.6 Å². The van der Waals surface area contributed by atoms with E-state index in [1.807, 2.05) is 41.8 Å². The number of carbonyl (C=O) groups is 1. The van der Waals surface area contributed by atoms with E-state index < -0.39 is 0 Å². The van der Waals surface area contributed by atoms with Crippen molar-refractivity contribution in [3.05, 3.63) is 64.5 Å². The predicted molar refractivity (Wildman–Crippen MR) is 97.6 cm³/mol. The fourth-order valence-electron chi connectivity index (χ4n) is 2.27. The monoisotopic (exact) mass is 338 g/mol. The van der Waals surface area contributed by atoms with Crippen molar-refractivity contribution in [2.24, 2.45) is 0 Å². The van der Waals surface area contributed by atoms with Crippen LogP contribution < -0.4 is 10.1 Å². The lowest BCUT2D eigenvalue weighted by atomic mass is 10.1. The van der Waals surface area contributed by atoms with E-state index in [1.165, 1.54) is 16.9 Å². The van der Waals surface area contributed by atoms with Gasteiger partial charge in [-0.3, -0.25) is 4.79 Å². The summed E-state index contributed by atoms with van der Waals surface area (Å²) in [6.45, 7) is 2.06. The van der Waals surface area contributed by atoms with Gasteiger partial charge in [0.2, 0.25) is 5.91 Å². The Bertz CT molecular complexity index is 823. The van der Waals surface area contributed by atoms with Gasteiger partial charge in [-0.15, -0.1) is 11.3 Å². The van der Waals surface area contributed by atoms with Gasteiger partial charge in [-0.25, -0.2) is 4.98 Å². The van der Waals surface area contributed by atoms with Crippen LogP contribution in [0.15, 0.2) is 53.9 Å². The lowest BCUT2D eigenvalue weighted by Gasteiger charge is -2.05. The van der Waals surface area contributed by atoms with E-state index in [0.29, 0.717) is 0 Å². The molecule has 0 saturated carbocycles. The van der Waals surface area contributed by atoms with Crippen LogP contribution in [-0.2, 0) is 11.2 Å². The van der Waals surface area contributed by atoms with E-state index in [4.69, 9.17) is 4.74 Å². The first-order chi connectivity index (χ1) is 11.6. The molecule has 0 atom stereocenters. The average Bonchev–Trinajstić information content (AvgIpc) is 3.04. The van der Waals surface area contributed by atoms with Gasteiger partial charge in [0.25, 0.3) is 0 Å². The van der Waals surface area contributed by atoms with E-state index in [2.05, 4.69) is 29.4 Å². The minimum Gasteiger partial charge on any atom is -0.497 e. The molecule has 24 heavy (non-hydrogen) atoms. The van der Waals surface area contributed by atoms with E-state index in [9.17, 15) is 4.79 Å². The Balaban J connectivity index is 1.63. The van der Waals surface area contributed by atoms with Gasteiger partial charge in [-0.2, -0.15) is 0 Å². The summed E-state index contributed by atoms with van der Waals surface area (Å²) >= 11 is 1.50. The summed E-state index contributed by atoms with van der Waals surface area (Å²) < 4.78 is 5.10. The van der Waals surface area contributed by atoms with Gasteiger partial charge >= 0.3 is 0 Å². The number of carbonyl (C=O) groups excluding carboxylic acids is 1. The fourth-order valence-corrected chi connectivity index (χ4v) is 3.07. The zero-order valence-electron chi connectivity index (χ0n) is 13.6. The number of hydrogen-bond donors (Lipinski definition) is 1.